The number of aryl methyl sites for hydroxylation is 1. The lowest BCUT2D eigenvalue weighted by Gasteiger charge is -2.29. The lowest BCUT2D eigenvalue weighted by atomic mass is 10.0. The van der Waals surface area contributed by atoms with Crippen LogP contribution in [0.1, 0.15) is 46.4 Å². The molecule has 3 aromatic rings. The minimum absolute atomic E-state index is 0.0190. The first-order valence-electron chi connectivity index (χ1n) is 9.23. The maximum atomic E-state index is 12.4. The van der Waals surface area contributed by atoms with Crippen molar-refractivity contribution in [1.82, 2.24) is 9.88 Å². The summed E-state index contributed by atoms with van der Waals surface area (Å²) in [5.74, 6) is -0.862. The number of fused-ring (bicyclic) bond motifs is 2. The van der Waals surface area contributed by atoms with Crippen molar-refractivity contribution in [3.63, 3.8) is 0 Å². The molecule has 0 spiro atoms. The van der Waals surface area contributed by atoms with Crippen LogP contribution in [-0.2, 0) is 17.6 Å². The number of rotatable bonds is 5. The number of benzene rings is 2. The smallest absolute Gasteiger partial charge is 0.335 e. The van der Waals surface area contributed by atoms with Gasteiger partial charge >= 0.3 is 5.97 Å². The number of H-pyrrole nitrogens is 1. The summed E-state index contributed by atoms with van der Waals surface area (Å²) in [6.07, 6.45) is 4.44. The van der Waals surface area contributed by atoms with E-state index in [0.29, 0.717) is 12.1 Å². The average Bonchev–Trinajstić information content (AvgIpc) is 3.26. The number of carbonyl (C=O) groups excluding carboxylic acids is 1. The average molecular weight is 362 g/mol. The first kappa shape index (κ1) is 17.3. The second-order valence-electron chi connectivity index (χ2n) is 7.10. The monoisotopic (exact) mass is 362 g/mol. The number of nitrogens with one attached hydrogen (secondary N) is 1. The van der Waals surface area contributed by atoms with Crippen LogP contribution in [0.15, 0.2) is 48.7 Å². The number of nitrogens with zero attached hydrogens (tertiary/aromatic N) is 1. The van der Waals surface area contributed by atoms with Gasteiger partial charge in [0.2, 0.25) is 5.91 Å². The number of para-hydroxylation sites is 1. The summed E-state index contributed by atoms with van der Waals surface area (Å²) in [5, 5.41) is 10.4. The van der Waals surface area contributed by atoms with Crippen LogP contribution in [0.3, 0.4) is 0 Å². The molecule has 138 valence electrons. The number of aromatic carboxylic acids is 1. The summed E-state index contributed by atoms with van der Waals surface area (Å²) in [7, 11) is 0. The highest BCUT2D eigenvalue weighted by Gasteiger charge is 2.30. The van der Waals surface area contributed by atoms with E-state index in [-0.39, 0.29) is 11.9 Å². The van der Waals surface area contributed by atoms with Crippen molar-refractivity contribution in [2.75, 3.05) is 6.54 Å². The van der Waals surface area contributed by atoms with Gasteiger partial charge in [0.05, 0.1) is 11.6 Å². The summed E-state index contributed by atoms with van der Waals surface area (Å²) < 4.78 is 0. The molecule has 5 nitrogen and oxygen atoms in total. The number of aromatic nitrogens is 1. The Kier molecular flexibility index (Phi) is 4.44. The number of hydrogen-bond acceptors (Lipinski definition) is 2. The van der Waals surface area contributed by atoms with E-state index >= 15 is 0 Å². The Morgan fingerprint density at radius 2 is 2.04 bits per heavy atom. The molecule has 0 radical (unpaired) electrons. The second-order valence-corrected chi connectivity index (χ2v) is 7.10. The van der Waals surface area contributed by atoms with Gasteiger partial charge < -0.3 is 15.0 Å². The van der Waals surface area contributed by atoms with E-state index in [9.17, 15) is 14.7 Å². The lowest BCUT2D eigenvalue weighted by molar-refractivity contribution is -0.131. The third kappa shape index (κ3) is 3.21. The fourth-order valence-electron chi connectivity index (χ4n) is 4.16. The molecule has 27 heavy (non-hydrogen) atoms. The maximum absolute atomic E-state index is 12.4. The molecule has 0 saturated carbocycles. The van der Waals surface area contributed by atoms with Crippen molar-refractivity contribution in [3.05, 3.63) is 70.9 Å². The van der Waals surface area contributed by atoms with E-state index in [4.69, 9.17) is 0 Å². The second kappa shape index (κ2) is 6.91. The van der Waals surface area contributed by atoms with E-state index < -0.39 is 5.97 Å². The van der Waals surface area contributed by atoms with Crippen molar-refractivity contribution in [1.29, 1.82) is 0 Å². The van der Waals surface area contributed by atoms with Crippen molar-refractivity contribution in [2.24, 2.45) is 0 Å². The fraction of sp³-hybridized carbons (Fsp3) is 0.273. The minimum atomic E-state index is -0.913. The molecule has 0 saturated heterocycles. The SMILES string of the molecule is CC(=O)N(CCc1c[nH]c2ccccc12)C1CCc2cc(C(=O)O)ccc21. The highest BCUT2D eigenvalue weighted by Crippen LogP contribution is 2.36. The zero-order valence-corrected chi connectivity index (χ0v) is 15.2. The first-order chi connectivity index (χ1) is 13.0. The number of hydrogen-bond donors (Lipinski definition) is 2. The Labute approximate surface area is 157 Å². The van der Waals surface area contributed by atoms with E-state index in [1.54, 1.807) is 19.1 Å². The van der Waals surface area contributed by atoms with Crippen LogP contribution in [0.5, 0.6) is 0 Å². The van der Waals surface area contributed by atoms with Gasteiger partial charge in [-0.15, -0.1) is 0 Å². The van der Waals surface area contributed by atoms with Crippen LogP contribution < -0.4 is 0 Å². The van der Waals surface area contributed by atoms with E-state index in [1.807, 2.05) is 29.3 Å². The predicted molar refractivity (Wildman–Crippen MR) is 104 cm³/mol. The van der Waals surface area contributed by atoms with Crippen LogP contribution in [0.2, 0.25) is 0 Å². The van der Waals surface area contributed by atoms with Gasteiger partial charge in [-0.2, -0.15) is 0 Å². The molecule has 1 heterocycles. The predicted octanol–water partition coefficient (Wildman–Crippen LogP) is 3.94. The van der Waals surface area contributed by atoms with Crippen molar-refractivity contribution in [3.8, 4) is 0 Å². The zero-order valence-electron chi connectivity index (χ0n) is 15.2. The molecule has 1 unspecified atom stereocenters. The van der Waals surface area contributed by atoms with E-state index in [1.165, 1.54) is 10.9 Å². The summed E-state index contributed by atoms with van der Waals surface area (Å²) in [5.41, 5.74) is 4.74. The molecule has 1 aliphatic rings. The van der Waals surface area contributed by atoms with Gasteiger partial charge in [0, 0.05) is 30.6 Å². The number of carboxylic acid groups (broad SMARTS) is 1. The summed E-state index contributed by atoms with van der Waals surface area (Å²) in [6, 6.07) is 13.4. The van der Waals surface area contributed by atoms with Gasteiger partial charge in [0.1, 0.15) is 0 Å². The minimum Gasteiger partial charge on any atom is -0.478 e. The van der Waals surface area contributed by atoms with Crippen molar-refractivity contribution >= 4 is 22.8 Å². The molecular formula is C22H22N2O3. The van der Waals surface area contributed by atoms with Gasteiger partial charge in [-0.1, -0.05) is 24.3 Å². The molecule has 1 amide bonds. The van der Waals surface area contributed by atoms with E-state index in [2.05, 4.69) is 17.1 Å². The Morgan fingerprint density at radius 3 is 2.81 bits per heavy atom. The normalized spacial score (nSPS) is 15.7. The number of aromatic amines is 1. The third-order valence-corrected chi connectivity index (χ3v) is 5.51. The van der Waals surface area contributed by atoms with Gasteiger partial charge in [0.15, 0.2) is 0 Å². The number of amides is 1. The molecule has 4 rings (SSSR count). The lowest BCUT2D eigenvalue weighted by Crippen LogP contribution is -2.34. The topological polar surface area (TPSA) is 73.4 Å². The summed E-state index contributed by atoms with van der Waals surface area (Å²) in [6.45, 7) is 2.25. The molecular weight excluding hydrogens is 340 g/mol. The van der Waals surface area contributed by atoms with Crippen molar-refractivity contribution < 1.29 is 14.7 Å². The highest BCUT2D eigenvalue weighted by atomic mass is 16.4. The van der Waals surface area contributed by atoms with Gasteiger partial charge in [-0.05, 0) is 54.2 Å². The molecule has 5 heteroatoms. The molecule has 1 aliphatic carbocycles. The van der Waals surface area contributed by atoms with Gasteiger partial charge in [-0.3, -0.25) is 4.79 Å². The Hall–Kier alpha value is -3.08. The largest absolute Gasteiger partial charge is 0.478 e. The van der Waals surface area contributed by atoms with Gasteiger partial charge in [0.25, 0.3) is 0 Å². The van der Waals surface area contributed by atoms with Crippen molar-refractivity contribution in [2.45, 2.75) is 32.2 Å². The standard InChI is InChI=1S/C22H22N2O3/c1-14(25)24(11-10-17-13-23-20-5-3-2-4-18(17)20)21-9-7-15-12-16(22(26)27)6-8-19(15)21/h2-6,8,12-13,21,23H,7,9-11H2,1H3,(H,26,27). The number of carboxylic acids is 1. The summed E-state index contributed by atoms with van der Waals surface area (Å²) in [4.78, 5) is 28.8. The maximum Gasteiger partial charge on any atom is 0.335 e. The molecule has 2 N–H and O–H groups in total. The Balaban J connectivity index is 1.56. The van der Waals surface area contributed by atoms with Crippen LogP contribution in [0.4, 0.5) is 0 Å². The van der Waals surface area contributed by atoms with Crippen LogP contribution in [0, 0.1) is 0 Å². The first-order valence-corrected chi connectivity index (χ1v) is 9.23. The Bertz CT molecular complexity index is 1020. The Morgan fingerprint density at radius 1 is 1.22 bits per heavy atom. The highest BCUT2D eigenvalue weighted by molar-refractivity contribution is 5.88. The molecule has 1 atom stereocenters. The van der Waals surface area contributed by atoms with Crippen LogP contribution in [0.25, 0.3) is 10.9 Å². The molecule has 1 aromatic heterocycles. The number of carbonyl (C=O) groups is 2. The molecule has 2 aromatic carbocycles. The molecule has 0 fully saturated rings. The molecule has 0 aliphatic heterocycles. The third-order valence-electron chi connectivity index (χ3n) is 5.51. The van der Waals surface area contributed by atoms with Crippen LogP contribution in [-0.4, -0.2) is 33.4 Å². The van der Waals surface area contributed by atoms with Gasteiger partial charge in [-0.25, -0.2) is 4.79 Å². The molecule has 0 bridgehead atoms. The summed E-state index contributed by atoms with van der Waals surface area (Å²) >= 11 is 0. The zero-order chi connectivity index (χ0) is 19.0. The quantitative estimate of drug-likeness (QED) is 0.722. The van der Waals surface area contributed by atoms with E-state index in [0.717, 1.165) is 35.9 Å². The van der Waals surface area contributed by atoms with Crippen LogP contribution >= 0.6 is 0 Å². The fourth-order valence-corrected chi connectivity index (χ4v) is 4.16.